The van der Waals surface area contributed by atoms with Gasteiger partial charge in [-0.15, -0.1) is 10.2 Å². The molecule has 1 atom stereocenters. The summed E-state index contributed by atoms with van der Waals surface area (Å²) in [6.07, 6.45) is 0.182. The first-order valence-electron chi connectivity index (χ1n) is 7.02. The second-order valence-electron chi connectivity index (χ2n) is 4.85. The molecule has 0 spiro atoms. The fourth-order valence-electron chi connectivity index (χ4n) is 2.22. The Morgan fingerprint density at radius 1 is 1.17 bits per heavy atom. The average molecular weight is 315 g/mol. The molecule has 1 heterocycles. The van der Waals surface area contributed by atoms with E-state index in [1.807, 2.05) is 0 Å². The summed E-state index contributed by atoms with van der Waals surface area (Å²) in [5.41, 5.74) is -1.02. The van der Waals surface area contributed by atoms with Gasteiger partial charge in [0, 0.05) is 6.07 Å². The molecule has 0 saturated carbocycles. The van der Waals surface area contributed by atoms with Gasteiger partial charge < -0.3 is 15.2 Å². The molecule has 2 N–H and O–H groups in total. The molecule has 0 unspecified atom stereocenters. The largest absolute Gasteiger partial charge is 0.480 e. The van der Waals surface area contributed by atoms with Crippen LogP contribution in [0, 0.1) is 0 Å². The third-order valence-corrected chi connectivity index (χ3v) is 3.57. The molecule has 2 rings (SSSR count). The molecular weight excluding hydrogens is 298 g/mol. The SMILES string of the molecule is CC[C@@](NC(=O)c1ccc(OC)nn1)(C(=O)O)c1ccccc1. The van der Waals surface area contributed by atoms with Crippen LogP contribution in [-0.2, 0) is 10.3 Å². The van der Waals surface area contributed by atoms with Crippen LogP contribution in [-0.4, -0.2) is 34.3 Å². The third kappa shape index (κ3) is 3.28. The molecule has 0 aliphatic carbocycles. The molecule has 23 heavy (non-hydrogen) atoms. The molecule has 0 radical (unpaired) electrons. The van der Waals surface area contributed by atoms with E-state index in [9.17, 15) is 14.7 Å². The number of hydrogen-bond donors (Lipinski definition) is 2. The minimum atomic E-state index is -1.53. The molecule has 1 aromatic heterocycles. The van der Waals surface area contributed by atoms with Crippen molar-refractivity contribution in [2.24, 2.45) is 0 Å². The summed E-state index contributed by atoms with van der Waals surface area (Å²) in [5, 5.41) is 19.7. The number of carboxylic acid groups (broad SMARTS) is 1. The van der Waals surface area contributed by atoms with E-state index in [-0.39, 0.29) is 18.0 Å². The van der Waals surface area contributed by atoms with Gasteiger partial charge >= 0.3 is 5.97 Å². The van der Waals surface area contributed by atoms with Crippen LogP contribution in [0.4, 0.5) is 0 Å². The minimum absolute atomic E-state index is 0.0146. The van der Waals surface area contributed by atoms with Gasteiger partial charge in [0.05, 0.1) is 7.11 Å². The van der Waals surface area contributed by atoms with Crippen LogP contribution in [0.25, 0.3) is 0 Å². The number of aromatic nitrogens is 2. The summed E-state index contributed by atoms with van der Waals surface area (Å²) in [4.78, 5) is 24.2. The summed E-state index contributed by atoms with van der Waals surface area (Å²) in [7, 11) is 1.44. The van der Waals surface area contributed by atoms with Crippen molar-refractivity contribution in [1.82, 2.24) is 15.5 Å². The molecule has 0 aliphatic heterocycles. The lowest BCUT2D eigenvalue weighted by molar-refractivity contribution is -0.145. The van der Waals surface area contributed by atoms with E-state index in [4.69, 9.17) is 4.74 Å². The number of carbonyl (C=O) groups is 2. The molecule has 0 aliphatic rings. The van der Waals surface area contributed by atoms with E-state index in [2.05, 4.69) is 15.5 Å². The zero-order valence-electron chi connectivity index (χ0n) is 12.8. The number of carbonyl (C=O) groups excluding carboxylic acids is 1. The fraction of sp³-hybridized carbons (Fsp3) is 0.250. The number of nitrogens with one attached hydrogen (secondary N) is 1. The first-order chi connectivity index (χ1) is 11.0. The van der Waals surface area contributed by atoms with Crippen molar-refractivity contribution in [3.8, 4) is 5.88 Å². The first-order valence-corrected chi connectivity index (χ1v) is 7.02. The van der Waals surface area contributed by atoms with Crippen LogP contribution in [0.15, 0.2) is 42.5 Å². The summed E-state index contributed by atoms with van der Waals surface area (Å²) < 4.78 is 4.88. The van der Waals surface area contributed by atoms with Gasteiger partial charge in [0.15, 0.2) is 11.2 Å². The number of rotatable bonds is 6. The highest BCUT2D eigenvalue weighted by Gasteiger charge is 2.40. The Bertz CT molecular complexity index is 688. The van der Waals surface area contributed by atoms with Crippen molar-refractivity contribution >= 4 is 11.9 Å². The standard InChI is InChI=1S/C16H17N3O4/c1-3-16(15(21)22,11-7-5-4-6-8-11)17-14(20)12-9-10-13(23-2)19-18-12/h4-10H,3H2,1-2H3,(H,17,20)(H,21,22)/t16-/m0/s1. The predicted octanol–water partition coefficient (Wildman–Crippen LogP) is 1.61. The zero-order valence-corrected chi connectivity index (χ0v) is 12.8. The van der Waals surface area contributed by atoms with Crippen LogP contribution in [0.1, 0.15) is 29.4 Å². The third-order valence-electron chi connectivity index (χ3n) is 3.57. The van der Waals surface area contributed by atoms with Crippen molar-refractivity contribution < 1.29 is 19.4 Å². The lowest BCUT2D eigenvalue weighted by atomic mass is 9.87. The maximum atomic E-state index is 12.4. The van der Waals surface area contributed by atoms with Crippen molar-refractivity contribution in [3.63, 3.8) is 0 Å². The monoisotopic (exact) mass is 315 g/mol. The lowest BCUT2D eigenvalue weighted by Gasteiger charge is -2.29. The molecule has 7 nitrogen and oxygen atoms in total. The lowest BCUT2D eigenvalue weighted by Crippen LogP contribution is -2.51. The molecular formula is C16H17N3O4. The number of carboxylic acids is 1. The predicted molar refractivity (Wildman–Crippen MR) is 82.1 cm³/mol. The zero-order chi connectivity index (χ0) is 16.9. The quantitative estimate of drug-likeness (QED) is 0.839. The number of aliphatic carboxylic acids is 1. The Balaban J connectivity index is 2.34. The topological polar surface area (TPSA) is 101 Å². The van der Waals surface area contributed by atoms with Gasteiger partial charge in [-0.25, -0.2) is 4.79 Å². The van der Waals surface area contributed by atoms with Crippen molar-refractivity contribution in [2.75, 3.05) is 7.11 Å². The smallest absolute Gasteiger partial charge is 0.334 e. The number of hydrogen-bond acceptors (Lipinski definition) is 5. The second-order valence-corrected chi connectivity index (χ2v) is 4.85. The Kier molecular flexibility index (Phi) is 4.90. The number of methoxy groups -OCH3 is 1. The van der Waals surface area contributed by atoms with Crippen molar-refractivity contribution in [2.45, 2.75) is 18.9 Å². The van der Waals surface area contributed by atoms with Gasteiger partial charge in [0.2, 0.25) is 5.88 Å². The van der Waals surface area contributed by atoms with Crippen LogP contribution in [0.2, 0.25) is 0 Å². The van der Waals surface area contributed by atoms with Gasteiger partial charge in [0.1, 0.15) is 0 Å². The second kappa shape index (κ2) is 6.87. The maximum Gasteiger partial charge on any atom is 0.334 e. The van der Waals surface area contributed by atoms with E-state index in [1.165, 1.54) is 19.2 Å². The number of ether oxygens (including phenoxy) is 1. The van der Waals surface area contributed by atoms with Gasteiger partial charge in [-0.2, -0.15) is 0 Å². The summed E-state index contributed by atoms with van der Waals surface area (Å²) in [6.45, 7) is 1.70. The molecule has 7 heteroatoms. The fourth-order valence-corrected chi connectivity index (χ4v) is 2.22. The Morgan fingerprint density at radius 3 is 2.35 bits per heavy atom. The van der Waals surface area contributed by atoms with Crippen molar-refractivity contribution in [1.29, 1.82) is 0 Å². The highest BCUT2D eigenvalue weighted by atomic mass is 16.5. The number of amides is 1. The number of nitrogens with zero attached hydrogens (tertiary/aromatic N) is 2. The van der Waals surface area contributed by atoms with E-state index < -0.39 is 17.4 Å². The maximum absolute atomic E-state index is 12.4. The minimum Gasteiger partial charge on any atom is -0.480 e. The van der Waals surface area contributed by atoms with Gasteiger partial charge in [-0.3, -0.25) is 4.79 Å². The van der Waals surface area contributed by atoms with Gasteiger partial charge in [0.25, 0.3) is 5.91 Å². The van der Waals surface area contributed by atoms with E-state index >= 15 is 0 Å². The van der Waals surface area contributed by atoms with E-state index in [0.717, 1.165) is 0 Å². The highest BCUT2D eigenvalue weighted by Crippen LogP contribution is 2.26. The summed E-state index contributed by atoms with van der Waals surface area (Å²) >= 11 is 0. The molecule has 120 valence electrons. The normalized spacial score (nSPS) is 13.0. The molecule has 1 aromatic carbocycles. The van der Waals surface area contributed by atoms with Gasteiger partial charge in [-0.05, 0) is 18.1 Å². The molecule has 0 fully saturated rings. The van der Waals surface area contributed by atoms with Crippen molar-refractivity contribution in [3.05, 3.63) is 53.7 Å². The summed E-state index contributed by atoms with van der Waals surface area (Å²) in [6, 6.07) is 11.5. The molecule has 0 saturated heterocycles. The average Bonchev–Trinajstić information content (AvgIpc) is 2.60. The Morgan fingerprint density at radius 2 is 1.87 bits per heavy atom. The highest BCUT2D eigenvalue weighted by molar-refractivity contribution is 5.96. The Labute approximate surface area is 133 Å². The molecule has 0 bridgehead atoms. The van der Waals surface area contributed by atoms with Crippen LogP contribution < -0.4 is 10.1 Å². The van der Waals surface area contributed by atoms with E-state index in [1.54, 1.807) is 37.3 Å². The van der Waals surface area contributed by atoms with Crippen LogP contribution in [0.5, 0.6) is 5.88 Å². The van der Waals surface area contributed by atoms with Gasteiger partial charge in [-0.1, -0.05) is 37.3 Å². The summed E-state index contributed by atoms with van der Waals surface area (Å²) in [5.74, 6) is -1.49. The van der Waals surface area contributed by atoms with Crippen LogP contribution in [0.3, 0.4) is 0 Å². The first kappa shape index (κ1) is 16.4. The molecule has 1 amide bonds. The van der Waals surface area contributed by atoms with E-state index in [0.29, 0.717) is 5.56 Å². The number of benzene rings is 1. The molecule has 2 aromatic rings. The Hall–Kier alpha value is -2.96. The van der Waals surface area contributed by atoms with Crippen LogP contribution >= 0.6 is 0 Å².